The monoisotopic (exact) mass is 288 g/mol. The van der Waals surface area contributed by atoms with Crippen molar-refractivity contribution in [2.45, 2.75) is 65.7 Å². The predicted octanol–water partition coefficient (Wildman–Crippen LogP) is 4.33. The molecule has 0 aromatic rings. The summed E-state index contributed by atoms with van der Waals surface area (Å²) in [5.41, 5.74) is 1.16. The first kappa shape index (κ1) is 15.0. The third kappa shape index (κ3) is 2.41. The minimum absolute atomic E-state index is 0.0114. The Labute approximate surface area is 128 Å². The van der Waals surface area contributed by atoms with Crippen molar-refractivity contribution >= 4 is 11.6 Å². The molecule has 3 rings (SSSR count). The maximum Gasteiger partial charge on any atom is 0.163 e. The number of hydrogen-bond acceptors (Lipinski definition) is 2. The molecule has 0 radical (unpaired) electrons. The Bertz CT molecular complexity index is 486. The number of carbonyl (C=O) groups excluding carboxylic acids is 2. The van der Waals surface area contributed by atoms with Gasteiger partial charge in [0.25, 0.3) is 0 Å². The first-order valence-corrected chi connectivity index (χ1v) is 8.73. The fraction of sp³-hybridized carbons (Fsp3) is 0.789. The minimum Gasteiger partial charge on any atom is -0.299 e. The second-order valence-corrected chi connectivity index (χ2v) is 7.97. The Kier molecular flexibility index (Phi) is 3.83. The van der Waals surface area contributed by atoms with Gasteiger partial charge in [0.15, 0.2) is 5.78 Å². The van der Waals surface area contributed by atoms with E-state index < -0.39 is 0 Å². The van der Waals surface area contributed by atoms with Gasteiger partial charge >= 0.3 is 0 Å². The molecule has 2 nitrogen and oxygen atoms in total. The molecule has 0 aliphatic heterocycles. The molecular formula is C19H28O2. The molecule has 3 aliphatic carbocycles. The van der Waals surface area contributed by atoms with E-state index in [0.29, 0.717) is 17.5 Å². The predicted molar refractivity (Wildman–Crippen MR) is 83.8 cm³/mol. The van der Waals surface area contributed by atoms with Crippen LogP contribution in [0.3, 0.4) is 0 Å². The number of Topliss-reactive ketones (excluding diaryl/α,β-unsaturated/α-hetero) is 2. The van der Waals surface area contributed by atoms with E-state index in [2.05, 4.69) is 26.8 Å². The number of ketones is 2. The largest absolute Gasteiger partial charge is 0.299 e. The molecule has 0 aromatic heterocycles. The van der Waals surface area contributed by atoms with E-state index in [0.717, 1.165) is 50.5 Å². The fourth-order valence-electron chi connectivity index (χ4n) is 4.72. The molecule has 0 saturated heterocycles. The molecule has 4 atom stereocenters. The zero-order chi connectivity index (χ0) is 15.2. The van der Waals surface area contributed by atoms with Gasteiger partial charge in [0.05, 0.1) is 0 Å². The molecule has 0 aromatic carbocycles. The van der Waals surface area contributed by atoms with Crippen LogP contribution in [-0.2, 0) is 9.59 Å². The molecule has 0 N–H and O–H groups in total. The fourth-order valence-corrected chi connectivity index (χ4v) is 4.72. The van der Waals surface area contributed by atoms with Crippen LogP contribution in [0.2, 0.25) is 0 Å². The van der Waals surface area contributed by atoms with Crippen LogP contribution in [0.1, 0.15) is 65.7 Å². The maximum absolute atomic E-state index is 12.9. The summed E-state index contributed by atoms with van der Waals surface area (Å²) < 4.78 is 0. The highest BCUT2D eigenvalue weighted by molar-refractivity contribution is 6.09. The quantitative estimate of drug-likeness (QED) is 0.757. The smallest absolute Gasteiger partial charge is 0.163 e. The number of hydrogen-bond donors (Lipinski definition) is 0. The van der Waals surface area contributed by atoms with Crippen molar-refractivity contribution in [1.29, 1.82) is 0 Å². The van der Waals surface area contributed by atoms with E-state index in [9.17, 15) is 9.59 Å². The SMILES string of the molecule is CCC(C)(C)C1CCC2C(=O)C3CCCC=C3C(=O)C2C1. The van der Waals surface area contributed by atoms with Crippen LogP contribution in [0.25, 0.3) is 0 Å². The molecule has 2 saturated carbocycles. The van der Waals surface area contributed by atoms with Gasteiger partial charge in [0, 0.05) is 23.3 Å². The molecule has 0 bridgehead atoms. The first-order chi connectivity index (χ1) is 9.95. The molecule has 21 heavy (non-hydrogen) atoms. The van der Waals surface area contributed by atoms with E-state index in [1.807, 2.05) is 0 Å². The lowest BCUT2D eigenvalue weighted by Gasteiger charge is -2.46. The zero-order valence-electron chi connectivity index (χ0n) is 13.7. The van der Waals surface area contributed by atoms with Gasteiger partial charge in [-0.25, -0.2) is 0 Å². The van der Waals surface area contributed by atoms with Crippen LogP contribution in [0.15, 0.2) is 11.6 Å². The second kappa shape index (κ2) is 5.37. The van der Waals surface area contributed by atoms with Crippen LogP contribution in [0.5, 0.6) is 0 Å². The topological polar surface area (TPSA) is 34.1 Å². The highest BCUT2D eigenvalue weighted by Gasteiger charge is 2.50. The Morgan fingerprint density at radius 3 is 2.62 bits per heavy atom. The van der Waals surface area contributed by atoms with Crippen molar-refractivity contribution in [3.05, 3.63) is 11.6 Å². The number of rotatable bonds is 2. The third-order valence-electron chi connectivity index (χ3n) is 6.63. The molecule has 3 aliphatic rings. The summed E-state index contributed by atoms with van der Waals surface area (Å²) >= 11 is 0. The number of carbonyl (C=O) groups is 2. The van der Waals surface area contributed by atoms with Gasteiger partial charge in [-0.3, -0.25) is 9.59 Å². The van der Waals surface area contributed by atoms with Crippen molar-refractivity contribution in [2.75, 3.05) is 0 Å². The second-order valence-electron chi connectivity index (χ2n) is 7.97. The van der Waals surface area contributed by atoms with E-state index >= 15 is 0 Å². The summed E-state index contributed by atoms with van der Waals surface area (Å²) in [6.07, 6.45) is 9.15. The average Bonchev–Trinajstić information content (AvgIpc) is 2.52. The lowest BCUT2D eigenvalue weighted by atomic mass is 9.56. The van der Waals surface area contributed by atoms with Crippen LogP contribution in [0, 0.1) is 29.1 Å². The Balaban J connectivity index is 1.86. The molecule has 2 fully saturated rings. The highest BCUT2D eigenvalue weighted by Crippen LogP contribution is 2.50. The number of allylic oxidation sites excluding steroid dienone is 2. The van der Waals surface area contributed by atoms with Gasteiger partial charge in [-0.1, -0.05) is 33.3 Å². The normalized spacial score (nSPS) is 36.8. The summed E-state index contributed by atoms with van der Waals surface area (Å²) in [7, 11) is 0. The molecule has 4 unspecified atom stereocenters. The Morgan fingerprint density at radius 2 is 1.90 bits per heavy atom. The van der Waals surface area contributed by atoms with Gasteiger partial charge in [0.1, 0.15) is 5.78 Å². The van der Waals surface area contributed by atoms with Crippen LogP contribution >= 0.6 is 0 Å². The third-order valence-corrected chi connectivity index (χ3v) is 6.63. The van der Waals surface area contributed by atoms with Crippen LogP contribution < -0.4 is 0 Å². The van der Waals surface area contributed by atoms with E-state index in [-0.39, 0.29) is 23.2 Å². The van der Waals surface area contributed by atoms with Gasteiger partial charge in [-0.2, -0.15) is 0 Å². The summed E-state index contributed by atoms with van der Waals surface area (Å²) in [6, 6.07) is 0. The minimum atomic E-state index is -0.0526. The first-order valence-electron chi connectivity index (χ1n) is 8.73. The standard InChI is InChI=1S/C19H28O2/c1-4-19(2,3)12-9-10-15-16(11-12)18(21)14-8-6-5-7-13(14)17(15)20/h8,12-13,15-16H,4-7,9-11H2,1-3H3. The van der Waals surface area contributed by atoms with Gasteiger partial charge in [-0.15, -0.1) is 0 Å². The van der Waals surface area contributed by atoms with Gasteiger partial charge in [0.2, 0.25) is 0 Å². The van der Waals surface area contributed by atoms with Crippen molar-refractivity contribution in [1.82, 2.24) is 0 Å². The summed E-state index contributed by atoms with van der Waals surface area (Å²) in [5.74, 6) is 1.26. The van der Waals surface area contributed by atoms with Gasteiger partial charge in [-0.05, 0) is 49.9 Å². The van der Waals surface area contributed by atoms with Crippen molar-refractivity contribution in [3.63, 3.8) is 0 Å². The molecule has 0 spiro atoms. The molecule has 116 valence electrons. The average molecular weight is 288 g/mol. The highest BCUT2D eigenvalue weighted by atomic mass is 16.1. The van der Waals surface area contributed by atoms with Crippen molar-refractivity contribution in [2.24, 2.45) is 29.1 Å². The Hall–Kier alpha value is -0.920. The van der Waals surface area contributed by atoms with E-state index in [4.69, 9.17) is 0 Å². The summed E-state index contributed by atoms with van der Waals surface area (Å²) in [6.45, 7) is 6.87. The molecule has 2 heteroatoms. The lowest BCUT2D eigenvalue weighted by molar-refractivity contribution is -0.141. The molecule has 0 amide bonds. The Morgan fingerprint density at radius 1 is 1.14 bits per heavy atom. The van der Waals surface area contributed by atoms with Gasteiger partial charge < -0.3 is 0 Å². The molecular weight excluding hydrogens is 260 g/mol. The van der Waals surface area contributed by atoms with Crippen molar-refractivity contribution in [3.8, 4) is 0 Å². The summed E-state index contributed by atoms with van der Waals surface area (Å²) in [4.78, 5) is 25.7. The van der Waals surface area contributed by atoms with E-state index in [1.54, 1.807) is 0 Å². The van der Waals surface area contributed by atoms with Crippen LogP contribution in [0.4, 0.5) is 0 Å². The van der Waals surface area contributed by atoms with Crippen molar-refractivity contribution < 1.29 is 9.59 Å². The maximum atomic E-state index is 12.9. The molecule has 0 heterocycles. The summed E-state index contributed by atoms with van der Waals surface area (Å²) in [5, 5.41) is 0. The zero-order valence-corrected chi connectivity index (χ0v) is 13.7. The number of fused-ring (bicyclic) bond motifs is 2. The van der Waals surface area contributed by atoms with Crippen LogP contribution in [-0.4, -0.2) is 11.6 Å². The lowest BCUT2D eigenvalue weighted by Crippen LogP contribution is -2.48. The van der Waals surface area contributed by atoms with E-state index in [1.165, 1.54) is 0 Å².